The number of hydrogen-bond donors (Lipinski definition) is 2. The van der Waals surface area contributed by atoms with Gasteiger partial charge < -0.3 is 19.4 Å². The number of imidazole rings is 2. The van der Waals surface area contributed by atoms with Crippen molar-refractivity contribution in [3.63, 3.8) is 0 Å². The summed E-state index contributed by atoms with van der Waals surface area (Å²) in [6, 6.07) is 5.55. The van der Waals surface area contributed by atoms with Crippen molar-refractivity contribution in [2.24, 2.45) is 0 Å². The number of nitrogens with one attached hydrogen (secondary N) is 2. The zero-order valence-electron chi connectivity index (χ0n) is 14.2. The highest BCUT2D eigenvalue weighted by Crippen LogP contribution is 2.24. The molecule has 1 atom stereocenters. The van der Waals surface area contributed by atoms with Crippen molar-refractivity contribution in [2.75, 3.05) is 13.1 Å². The molecule has 4 rings (SSSR count). The number of aryl methyl sites for hydroxylation is 1. The number of likely N-dealkylation sites (tertiary alicyclic amines) is 1. The number of benzene rings is 1. The summed E-state index contributed by atoms with van der Waals surface area (Å²) in [5.41, 5.74) is 1.71. The SMILES string of the molecule is CCc1nccn1[C@H]1CCCN(C(=O)c2ccc3[nH]c(=O)[nH]c3c2)C1. The Morgan fingerprint density at radius 1 is 1.32 bits per heavy atom. The van der Waals surface area contributed by atoms with Crippen LogP contribution < -0.4 is 5.69 Å². The summed E-state index contributed by atoms with van der Waals surface area (Å²) in [4.78, 5) is 36.0. The standard InChI is InChI=1S/C18H21N5O2/c1-2-16-19-7-9-23(16)13-4-3-8-22(11-13)17(24)12-5-6-14-15(10-12)21-18(25)20-14/h5-7,9-10,13H,2-4,8,11H2,1H3,(H2,20,21,25)/t13-/m0/s1. The maximum absolute atomic E-state index is 12.9. The van der Waals surface area contributed by atoms with Gasteiger partial charge in [0.2, 0.25) is 0 Å². The first-order chi connectivity index (χ1) is 12.2. The number of H-pyrrole nitrogens is 2. The summed E-state index contributed by atoms with van der Waals surface area (Å²) in [7, 11) is 0. The van der Waals surface area contributed by atoms with Gasteiger partial charge >= 0.3 is 5.69 Å². The van der Waals surface area contributed by atoms with Crippen LogP contribution in [0, 0.1) is 0 Å². The minimum absolute atomic E-state index is 0.00631. The maximum atomic E-state index is 12.9. The molecule has 7 nitrogen and oxygen atoms in total. The fourth-order valence-electron chi connectivity index (χ4n) is 3.66. The fourth-order valence-corrected chi connectivity index (χ4v) is 3.66. The van der Waals surface area contributed by atoms with Gasteiger partial charge in [-0.1, -0.05) is 6.92 Å². The van der Waals surface area contributed by atoms with Crippen LogP contribution in [0.25, 0.3) is 11.0 Å². The van der Waals surface area contributed by atoms with Crippen molar-refractivity contribution in [1.29, 1.82) is 0 Å². The highest BCUT2D eigenvalue weighted by Gasteiger charge is 2.26. The lowest BCUT2D eigenvalue weighted by molar-refractivity contribution is 0.0678. The van der Waals surface area contributed by atoms with Crippen molar-refractivity contribution in [3.05, 3.63) is 52.5 Å². The van der Waals surface area contributed by atoms with E-state index in [1.807, 2.05) is 17.3 Å². The van der Waals surface area contributed by atoms with Crippen LogP contribution >= 0.6 is 0 Å². The van der Waals surface area contributed by atoms with Crippen LogP contribution in [0.3, 0.4) is 0 Å². The first kappa shape index (κ1) is 15.7. The smallest absolute Gasteiger partial charge is 0.323 e. The highest BCUT2D eigenvalue weighted by molar-refractivity contribution is 5.97. The average molecular weight is 339 g/mol. The highest BCUT2D eigenvalue weighted by atomic mass is 16.2. The van der Waals surface area contributed by atoms with Gasteiger partial charge in [-0.05, 0) is 31.0 Å². The summed E-state index contributed by atoms with van der Waals surface area (Å²) in [6.07, 6.45) is 6.75. The lowest BCUT2D eigenvalue weighted by Crippen LogP contribution is -2.40. The van der Waals surface area contributed by atoms with Crippen molar-refractivity contribution >= 4 is 16.9 Å². The number of carbonyl (C=O) groups excluding carboxylic acids is 1. The number of hydrogen-bond acceptors (Lipinski definition) is 3. The second-order valence-corrected chi connectivity index (χ2v) is 6.49. The molecule has 0 unspecified atom stereocenters. The van der Waals surface area contributed by atoms with E-state index < -0.39 is 0 Å². The second kappa shape index (κ2) is 6.23. The minimum Gasteiger partial charge on any atom is -0.337 e. The Morgan fingerprint density at radius 2 is 2.16 bits per heavy atom. The zero-order valence-corrected chi connectivity index (χ0v) is 14.2. The third-order valence-electron chi connectivity index (χ3n) is 4.91. The van der Waals surface area contributed by atoms with Crippen molar-refractivity contribution in [3.8, 4) is 0 Å². The van der Waals surface area contributed by atoms with E-state index in [1.165, 1.54) is 0 Å². The Kier molecular flexibility index (Phi) is 3.91. The van der Waals surface area contributed by atoms with Gasteiger partial charge in [-0.3, -0.25) is 4.79 Å². The number of amides is 1. The second-order valence-electron chi connectivity index (χ2n) is 6.49. The molecular formula is C18H21N5O2. The zero-order chi connectivity index (χ0) is 17.4. The Labute approximate surface area is 144 Å². The lowest BCUT2D eigenvalue weighted by atomic mass is 10.0. The van der Waals surface area contributed by atoms with Gasteiger partial charge in [-0.15, -0.1) is 0 Å². The van der Waals surface area contributed by atoms with Gasteiger partial charge in [-0.25, -0.2) is 9.78 Å². The van der Waals surface area contributed by atoms with E-state index in [1.54, 1.807) is 18.2 Å². The normalized spacial score (nSPS) is 18.0. The Morgan fingerprint density at radius 3 is 3.00 bits per heavy atom. The molecule has 3 aromatic rings. The maximum Gasteiger partial charge on any atom is 0.323 e. The Bertz CT molecular complexity index is 967. The lowest BCUT2D eigenvalue weighted by Gasteiger charge is -2.34. The van der Waals surface area contributed by atoms with Gasteiger partial charge in [0.15, 0.2) is 0 Å². The van der Waals surface area contributed by atoms with Crippen molar-refractivity contribution < 1.29 is 4.79 Å². The summed E-state index contributed by atoms with van der Waals surface area (Å²) in [5, 5.41) is 0. The molecule has 0 radical (unpaired) electrons. The number of carbonyl (C=O) groups is 1. The molecule has 2 N–H and O–H groups in total. The molecule has 1 saturated heterocycles. The predicted octanol–water partition coefficient (Wildman–Crippen LogP) is 2.09. The molecule has 7 heteroatoms. The molecule has 0 spiro atoms. The number of aromatic amines is 2. The van der Waals surface area contributed by atoms with E-state index in [-0.39, 0.29) is 17.6 Å². The molecule has 0 aliphatic carbocycles. The molecular weight excluding hydrogens is 318 g/mol. The summed E-state index contributed by atoms with van der Waals surface area (Å²) >= 11 is 0. The fraction of sp³-hybridized carbons (Fsp3) is 0.389. The molecule has 1 amide bonds. The minimum atomic E-state index is -0.259. The summed E-state index contributed by atoms with van der Waals surface area (Å²) in [5.74, 6) is 1.07. The Balaban J connectivity index is 1.57. The van der Waals surface area contributed by atoms with Gasteiger partial charge in [0.1, 0.15) is 5.82 Å². The van der Waals surface area contributed by atoms with Gasteiger partial charge in [0.25, 0.3) is 5.91 Å². The third-order valence-corrected chi connectivity index (χ3v) is 4.91. The summed E-state index contributed by atoms with van der Waals surface area (Å²) < 4.78 is 2.20. The van der Waals surface area contributed by atoms with Crippen LogP contribution in [0.2, 0.25) is 0 Å². The molecule has 1 aliphatic heterocycles. The van der Waals surface area contributed by atoms with Crippen LogP contribution in [0.5, 0.6) is 0 Å². The van der Waals surface area contributed by atoms with Gasteiger partial charge in [0, 0.05) is 37.5 Å². The molecule has 1 aromatic carbocycles. The van der Waals surface area contributed by atoms with Gasteiger partial charge in [-0.2, -0.15) is 0 Å². The first-order valence-electron chi connectivity index (χ1n) is 8.68. The molecule has 2 aromatic heterocycles. The van der Waals surface area contributed by atoms with Crippen molar-refractivity contribution in [1.82, 2.24) is 24.4 Å². The quantitative estimate of drug-likeness (QED) is 0.766. The van der Waals surface area contributed by atoms with Crippen LogP contribution in [0.15, 0.2) is 35.4 Å². The number of rotatable bonds is 3. The summed E-state index contributed by atoms with van der Waals surface area (Å²) in [6.45, 7) is 3.54. The van der Waals surface area contributed by atoms with E-state index in [0.717, 1.165) is 31.6 Å². The monoisotopic (exact) mass is 339 g/mol. The molecule has 0 saturated carbocycles. The van der Waals surface area contributed by atoms with E-state index in [0.29, 0.717) is 23.1 Å². The van der Waals surface area contributed by atoms with E-state index >= 15 is 0 Å². The van der Waals surface area contributed by atoms with E-state index in [9.17, 15) is 9.59 Å². The van der Waals surface area contributed by atoms with Crippen LogP contribution in [0.1, 0.15) is 42.0 Å². The number of aromatic nitrogens is 4. The number of fused-ring (bicyclic) bond motifs is 1. The molecule has 3 heterocycles. The van der Waals surface area contributed by atoms with Crippen LogP contribution in [-0.4, -0.2) is 43.4 Å². The first-order valence-corrected chi connectivity index (χ1v) is 8.68. The topological polar surface area (TPSA) is 86.8 Å². The van der Waals surface area contributed by atoms with E-state index in [4.69, 9.17) is 0 Å². The van der Waals surface area contributed by atoms with Gasteiger partial charge in [0.05, 0.1) is 17.1 Å². The average Bonchev–Trinajstić information content (AvgIpc) is 3.25. The molecule has 130 valence electrons. The molecule has 1 aliphatic rings. The third kappa shape index (κ3) is 2.86. The Hall–Kier alpha value is -2.83. The number of nitrogens with zero attached hydrogens (tertiary/aromatic N) is 3. The predicted molar refractivity (Wildman–Crippen MR) is 94.7 cm³/mol. The molecule has 25 heavy (non-hydrogen) atoms. The van der Waals surface area contributed by atoms with Crippen LogP contribution in [-0.2, 0) is 6.42 Å². The van der Waals surface area contributed by atoms with Crippen molar-refractivity contribution in [2.45, 2.75) is 32.2 Å². The van der Waals surface area contributed by atoms with Crippen LogP contribution in [0.4, 0.5) is 0 Å². The molecule has 1 fully saturated rings. The molecule has 0 bridgehead atoms. The van der Waals surface area contributed by atoms with E-state index in [2.05, 4.69) is 26.4 Å². The largest absolute Gasteiger partial charge is 0.337 e. The number of piperidine rings is 1.